The molecule has 0 saturated carbocycles. The summed E-state index contributed by atoms with van der Waals surface area (Å²) in [4.78, 5) is 19.9. The molecule has 4 heterocycles. The monoisotopic (exact) mass is 563 g/mol. The van der Waals surface area contributed by atoms with Gasteiger partial charge in [-0.15, -0.1) is 0 Å². The van der Waals surface area contributed by atoms with Crippen molar-refractivity contribution in [1.29, 1.82) is 0 Å². The van der Waals surface area contributed by atoms with Crippen LogP contribution in [0.3, 0.4) is 0 Å². The Balaban J connectivity index is 1.31. The number of fused-ring (bicyclic) bond motifs is 1. The van der Waals surface area contributed by atoms with Crippen LogP contribution in [0.2, 0.25) is 5.02 Å². The quantitative estimate of drug-likeness (QED) is 0.375. The molecule has 4 aromatic rings. The first-order chi connectivity index (χ1) is 18.1. The molecule has 1 aromatic carbocycles. The van der Waals surface area contributed by atoms with Gasteiger partial charge in [-0.1, -0.05) is 29.8 Å². The van der Waals surface area contributed by atoms with Gasteiger partial charge in [0.2, 0.25) is 5.95 Å². The minimum atomic E-state index is -4.56. The lowest BCUT2D eigenvalue weighted by Crippen LogP contribution is -2.32. The summed E-state index contributed by atoms with van der Waals surface area (Å²) >= 11 is 6.50. The van der Waals surface area contributed by atoms with E-state index in [1.165, 1.54) is 24.5 Å². The van der Waals surface area contributed by atoms with Crippen LogP contribution in [0.15, 0.2) is 66.0 Å². The Morgan fingerprint density at radius 2 is 1.68 bits per heavy atom. The summed E-state index contributed by atoms with van der Waals surface area (Å²) in [6.07, 6.45) is 0.0345. The number of para-hydroxylation sites is 1. The summed E-state index contributed by atoms with van der Waals surface area (Å²) in [6.45, 7) is 1.74. The van der Waals surface area contributed by atoms with Crippen LogP contribution in [0.5, 0.6) is 0 Å². The van der Waals surface area contributed by atoms with Gasteiger partial charge in [0.15, 0.2) is 0 Å². The summed E-state index contributed by atoms with van der Waals surface area (Å²) in [5.74, 6) is 0.446. The number of anilines is 3. The molecular formula is C24H21ClF3N7O2S. The number of nitrogens with one attached hydrogen (secondary N) is 1. The lowest BCUT2D eigenvalue weighted by Gasteiger charge is -2.24. The van der Waals surface area contributed by atoms with Crippen LogP contribution >= 0.6 is 11.6 Å². The van der Waals surface area contributed by atoms with Crippen LogP contribution in [-0.2, 0) is 16.2 Å². The molecule has 0 radical (unpaired) electrons. The fraction of sp³-hybridized carbons (Fsp3) is 0.250. The van der Waals surface area contributed by atoms with Gasteiger partial charge in [0, 0.05) is 44.0 Å². The van der Waals surface area contributed by atoms with Crippen LogP contribution in [0.25, 0.3) is 10.9 Å². The number of aromatic nitrogens is 4. The van der Waals surface area contributed by atoms with Gasteiger partial charge in [0.25, 0.3) is 10.0 Å². The number of halogens is 4. The topological polar surface area (TPSA) is 104 Å². The second-order valence-electron chi connectivity index (χ2n) is 8.53. The van der Waals surface area contributed by atoms with E-state index in [-0.39, 0.29) is 21.6 Å². The van der Waals surface area contributed by atoms with E-state index in [0.717, 1.165) is 12.3 Å². The van der Waals surface area contributed by atoms with Crippen molar-refractivity contribution >= 4 is 50.0 Å². The first-order valence-corrected chi connectivity index (χ1v) is 13.4. The Kier molecular flexibility index (Phi) is 6.97. The summed E-state index contributed by atoms with van der Waals surface area (Å²) in [6, 6.07) is 10.7. The van der Waals surface area contributed by atoms with Crippen LogP contribution < -0.4 is 14.5 Å². The van der Waals surface area contributed by atoms with E-state index < -0.39 is 21.9 Å². The standard InChI is InChI=1S/C24H21ClF3N7O2S/c25-18-14-17(33-38(36,37)19-6-1-4-16-5-2-8-29-21(16)19)15-31-22(18)34-10-3-11-35(13-12-34)23-30-9-7-20(32-23)24(26,27)28/h1-2,4-9,14-15,33H,3,10-13H2. The van der Waals surface area contributed by atoms with Crippen LogP contribution in [-0.4, -0.2) is 54.5 Å². The molecule has 1 saturated heterocycles. The molecule has 1 aliphatic heterocycles. The predicted molar refractivity (Wildman–Crippen MR) is 138 cm³/mol. The molecule has 0 amide bonds. The molecule has 198 valence electrons. The van der Waals surface area contributed by atoms with Crippen molar-refractivity contribution in [3.05, 3.63) is 71.8 Å². The molecule has 14 heteroatoms. The van der Waals surface area contributed by atoms with Crippen LogP contribution in [0, 0.1) is 0 Å². The minimum absolute atomic E-state index is 0.00779. The van der Waals surface area contributed by atoms with Gasteiger partial charge in [0.05, 0.1) is 22.4 Å². The highest BCUT2D eigenvalue weighted by molar-refractivity contribution is 7.93. The Labute approximate surface area is 221 Å². The number of rotatable bonds is 5. The zero-order valence-corrected chi connectivity index (χ0v) is 21.3. The van der Waals surface area contributed by atoms with Crippen LogP contribution in [0.1, 0.15) is 12.1 Å². The summed E-state index contributed by atoms with van der Waals surface area (Å²) in [7, 11) is -3.98. The van der Waals surface area contributed by atoms with Gasteiger partial charge in [-0.2, -0.15) is 13.2 Å². The molecule has 5 rings (SSSR count). The molecule has 1 N–H and O–H groups in total. The fourth-order valence-electron chi connectivity index (χ4n) is 4.21. The van der Waals surface area contributed by atoms with Gasteiger partial charge in [-0.25, -0.2) is 23.4 Å². The number of benzene rings is 1. The maximum atomic E-state index is 13.1. The number of alkyl halides is 3. The Hall–Kier alpha value is -3.71. The zero-order valence-electron chi connectivity index (χ0n) is 19.7. The molecule has 9 nitrogen and oxygen atoms in total. The Morgan fingerprint density at radius 1 is 0.921 bits per heavy atom. The van der Waals surface area contributed by atoms with Gasteiger partial charge < -0.3 is 9.80 Å². The van der Waals surface area contributed by atoms with E-state index in [1.807, 2.05) is 4.90 Å². The fourth-order valence-corrected chi connectivity index (χ4v) is 5.71. The molecule has 1 fully saturated rings. The van der Waals surface area contributed by atoms with Crippen molar-refractivity contribution in [3.8, 4) is 0 Å². The lowest BCUT2D eigenvalue weighted by atomic mass is 10.2. The largest absolute Gasteiger partial charge is 0.433 e. The molecule has 0 atom stereocenters. The zero-order chi connectivity index (χ0) is 26.9. The third-order valence-electron chi connectivity index (χ3n) is 5.97. The lowest BCUT2D eigenvalue weighted by molar-refractivity contribution is -0.141. The molecule has 1 aliphatic rings. The van der Waals surface area contributed by atoms with Crippen molar-refractivity contribution in [2.24, 2.45) is 0 Å². The molecule has 3 aromatic heterocycles. The average Bonchev–Trinajstić information content (AvgIpc) is 3.14. The molecule has 38 heavy (non-hydrogen) atoms. The molecular weight excluding hydrogens is 543 g/mol. The number of pyridine rings is 2. The molecule has 0 aliphatic carbocycles. The van der Waals surface area contributed by atoms with Crippen molar-refractivity contribution in [2.45, 2.75) is 17.5 Å². The van der Waals surface area contributed by atoms with Crippen molar-refractivity contribution in [2.75, 3.05) is 40.7 Å². The Morgan fingerprint density at radius 3 is 2.47 bits per heavy atom. The van der Waals surface area contributed by atoms with Crippen molar-refractivity contribution in [3.63, 3.8) is 0 Å². The Bertz CT molecular complexity index is 1580. The maximum absolute atomic E-state index is 13.1. The van der Waals surface area contributed by atoms with E-state index in [1.54, 1.807) is 29.2 Å². The summed E-state index contributed by atoms with van der Waals surface area (Å²) in [5, 5.41) is 0.914. The van der Waals surface area contributed by atoms with Gasteiger partial charge >= 0.3 is 6.18 Å². The highest BCUT2D eigenvalue weighted by atomic mass is 35.5. The highest BCUT2D eigenvalue weighted by Crippen LogP contribution is 2.31. The first-order valence-electron chi connectivity index (χ1n) is 11.5. The van der Waals surface area contributed by atoms with Crippen LogP contribution in [0.4, 0.5) is 30.6 Å². The SMILES string of the molecule is O=S(=O)(Nc1cnc(N2CCCN(c3nccc(C(F)(F)F)n3)CC2)c(Cl)c1)c1cccc2cccnc12. The second-order valence-corrected chi connectivity index (χ2v) is 10.6. The predicted octanol–water partition coefficient (Wildman–Crippen LogP) is 4.61. The van der Waals surface area contributed by atoms with E-state index in [2.05, 4.69) is 24.7 Å². The number of hydrogen-bond donors (Lipinski definition) is 1. The minimum Gasteiger partial charge on any atom is -0.354 e. The number of sulfonamides is 1. The molecule has 0 bridgehead atoms. The molecule has 0 unspecified atom stereocenters. The van der Waals surface area contributed by atoms with Gasteiger partial charge in [-0.3, -0.25) is 9.71 Å². The smallest absolute Gasteiger partial charge is 0.354 e. The second kappa shape index (κ2) is 10.2. The van der Waals surface area contributed by atoms with Crippen molar-refractivity contribution < 1.29 is 21.6 Å². The highest BCUT2D eigenvalue weighted by Gasteiger charge is 2.33. The third-order valence-corrected chi connectivity index (χ3v) is 7.66. The van der Waals surface area contributed by atoms with E-state index in [9.17, 15) is 21.6 Å². The van der Waals surface area contributed by atoms with Crippen molar-refractivity contribution in [1.82, 2.24) is 19.9 Å². The summed E-state index contributed by atoms with van der Waals surface area (Å²) in [5.41, 5.74) is -0.469. The summed E-state index contributed by atoms with van der Waals surface area (Å²) < 4.78 is 67.9. The molecule has 0 spiro atoms. The first kappa shape index (κ1) is 25.9. The third kappa shape index (κ3) is 5.43. The van der Waals surface area contributed by atoms with Gasteiger partial charge in [-0.05, 0) is 30.7 Å². The van der Waals surface area contributed by atoms with E-state index in [0.29, 0.717) is 49.3 Å². The number of nitrogens with zero attached hydrogens (tertiary/aromatic N) is 6. The normalized spacial score (nSPS) is 14.9. The van der Waals surface area contributed by atoms with E-state index in [4.69, 9.17) is 11.6 Å². The van der Waals surface area contributed by atoms with E-state index >= 15 is 0 Å². The van der Waals surface area contributed by atoms with Gasteiger partial charge in [0.1, 0.15) is 16.4 Å². The number of hydrogen-bond acceptors (Lipinski definition) is 8. The average molecular weight is 564 g/mol. The maximum Gasteiger partial charge on any atom is 0.433 e.